The maximum atomic E-state index is 12.6. The normalized spacial score (nSPS) is 24.7. The third-order valence-corrected chi connectivity index (χ3v) is 5.76. The third kappa shape index (κ3) is 3.06. The SMILES string of the molecule is CN(C)[C@H]1CCC[C@@H]1NS(=O)(=O)c1ccc2c(c1)OCCO2. The molecule has 0 amide bonds. The molecule has 0 unspecified atom stereocenters. The molecular formula is C15H22N2O4S. The van der Waals surface area contributed by atoms with Gasteiger partial charge in [0, 0.05) is 18.2 Å². The Balaban J connectivity index is 1.81. The zero-order valence-electron chi connectivity index (χ0n) is 12.9. The molecule has 1 saturated carbocycles. The van der Waals surface area contributed by atoms with E-state index in [0.717, 1.165) is 19.3 Å². The van der Waals surface area contributed by atoms with E-state index in [0.29, 0.717) is 24.7 Å². The van der Waals surface area contributed by atoms with Gasteiger partial charge in [-0.15, -0.1) is 0 Å². The highest BCUT2D eigenvalue weighted by atomic mass is 32.2. The number of benzene rings is 1. The van der Waals surface area contributed by atoms with Crippen LogP contribution in [0.1, 0.15) is 19.3 Å². The molecule has 2 atom stereocenters. The van der Waals surface area contributed by atoms with Crippen molar-refractivity contribution in [3.8, 4) is 11.5 Å². The van der Waals surface area contributed by atoms with Gasteiger partial charge in [0.25, 0.3) is 0 Å². The summed E-state index contributed by atoms with van der Waals surface area (Å²) in [5.74, 6) is 1.09. The van der Waals surface area contributed by atoms with Crippen LogP contribution in [-0.4, -0.2) is 52.7 Å². The minimum atomic E-state index is -3.56. The standard InChI is InChI=1S/C15H22N2O4S/c1-17(2)13-5-3-4-12(13)16-22(18,19)11-6-7-14-15(10-11)21-9-8-20-14/h6-7,10,12-13,16H,3-5,8-9H2,1-2H3/t12-,13-/m0/s1. The van der Waals surface area contributed by atoms with Crippen LogP contribution in [0.2, 0.25) is 0 Å². The van der Waals surface area contributed by atoms with Gasteiger partial charge in [0.2, 0.25) is 10.0 Å². The average molecular weight is 326 g/mol. The van der Waals surface area contributed by atoms with Gasteiger partial charge in [0.05, 0.1) is 4.90 Å². The monoisotopic (exact) mass is 326 g/mol. The van der Waals surface area contributed by atoms with Crippen molar-refractivity contribution in [3.63, 3.8) is 0 Å². The van der Waals surface area contributed by atoms with E-state index in [1.54, 1.807) is 12.1 Å². The molecule has 1 heterocycles. The molecule has 1 aliphatic heterocycles. The predicted molar refractivity (Wildman–Crippen MR) is 82.9 cm³/mol. The van der Waals surface area contributed by atoms with E-state index in [1.165, 1.54) is 6.07 Å². The largest absolute Gasteiger partial charge is 0.486 e. The lowest BCUT2D eigenvalue weighted by molar-refractivity contribution is 0.171. The first-order valence-electron chi connectivity index (χ1n) is 7.56. The molecule has 122 valence electrons. The van der Waals surface area contributed by atoms with Gasteiger partial charge in [-0.1, -0.05) is 6.42 Å². The molecule has 1 N–H and O–H groups in total. The summed E-state index contributed by atoms with van der Waals surface area (Å²) < 4.78 is 39.0. The first kappa shape index (κ1) is 15.6. The van der Waals surface area contributed by atoms with Gasteiger partial charge >= 0.3 is 0 Å². The number of likely N-dealkylation sites (N-methyl/N-ethyl adjacent to an activating group) is 1. The highest BCUT2D eigenvalue weighted by Crippen LogP contribution is 2.32. The Hall–Kier alpha value is -1.31. The topological polar surface area (TPSA) is 67.9 Å². The first-order chi connectivity index (χ1) is 10.5. The van der Waals surface area contributed by atoms with E-state index in [9.17, 15) is 8.42 Å². The van der Waals surface area contributed by atoms with Crippen LogP contribution >= 0.6 is 0 Å². The number of fused-ring (bicyclic) bond motifs is 1. The molecule has 6 nitrogen and oxygen atoms in total. The summed E-state index contributed by atoms with van der Waals surface area (Å²) in [5.41, 5.74) is 0. The van der Waals surface area contributed by atoms with E-state index in [2.05, 4.69) is 9.62 Å². The molecular weight excluding hydrogens is 304 g/mol. The van der Waals surface area contributed by atoms with Crippen molar-refractivity contribution in [2.75, 3.05) is 27.3 Å². The Labute approximate surface area is 131 Å². The number of nitrogens with zero attached hydrogens (tertiary/aromatic N) is 1. The number of hydrogen-bond donors (Lipinski definition) is 1. The molecule has 7 heteroatoms. The Kier molecular flexibility index (Phi) is 4.29. The van der Waals surface area contributed by atoms with Crippen molar-refractivity contribution in [1.29, 1.82) is 0 Å². The lowest BCUT2D eigenvalue weighted by Gasteiger charge is -2.27. The fourth-order valence-electron chi connectivity index (χ4n) is 3.15. The second-order valence-electron chi connectivity index (χ2n) is 6.00. The van der Waals surface area contributed by atoms with Crippen LogP contribution in [0, 0.1) is 0 Å². The second-order valence-corrected chi connectivity index (χ2v) is 7.71. The molecule has 0 bridgehead atoms. The average Bonchev–Trinajstić information content (AvgIpc) is 2.94. The smallest absolute Gasteiger partial charge is 0.241 e. The van der Waals surface area contributed by atoms with Crippen LogP contribution in [0.25, 0.3) is 0 Å². The minimum Gasteiger partial charge on any atom is -0.486 e. The number of nitrogens with one attached hydrogen (secondary N) is 1. The molecule has 0 spiro atoms. The minimum absolute atomic E-state index is 0.0480. The molecule has 0 radical (unpaired) electrons. The summed E-state index contributed by atoms with van der Waals surface area (Å²) in [6.45, 7) is 0.930. The van der Waals surface area contributed by atoms with Crippen molar-refractivity contribution >= 4 is 10.0 Å². The van der Waals surface area contributed by atoms with Gasteiger partial charge in [0.1, 0.15) is 13.2 Å². The van der Waals surface area contributed by atoms with Crippen LogP contribution in [0.15, 0.2) is 23.1 Å². The maximum Gasteiger partial charge on any atom is 0.241 e. The first-order valence-corrected chi connectivity index (χ1v) is 9.04. The van der Waals surface area contributed by atoms with Gasteiger partial charge in [-0.05, 0) is 39.1 Å². The fourth-order valence-corrected chi connectivity index (χ4v) is 4.47. The summed E-state index contributed by atoms with van der Waals surface area (Å²) in [7, 11) is 0.419. The lowest BCUT2D eigenvalue weighted by atomic mass is 10.2. The van der Waals surface area contributed by atoms with Crippen LogP contribution in [0.4, 0.5) is 0 Å². The van der Waals surface area contributed by atoms with Crippen molar-refractivity contribution in [3.05, 3.63) is 18.2 Å². The van der Waals surface area contributed by atoms with Crippen LogP contribution in [-0.2, 0) is 10.0 Å². The van der Waals surface area contributed by atoms with E-state index < -0.39 is 10.0 Å². The van der Waals surface area contributed by atoms with Gasteiger partial charge < -0.3 is 14.4 Å². The van der Waals surface area contributed by atoms with Gasteiger partial charge in [0.15, 0.2) is 11.5 Å². The Bertz CT molecular complexity index is 645. The van der Waals surface area contributed by atoms with Crippen molar-refractivity contribution in [1.82, 2.24) is 9.62 Å². The van der Waals surface area contributed by atoms with Crippen molar-refractivity contribution in [2.24, 2.45) is 0 Å². The summed E-state index contributed by atoms with van der Waals surface area (Å²) >= 11 is 0. The highest BCUT2D eigenvalue weighted by molar-refractivity contribution is 7.89. The van der Waals surface area contributed by atoms with Gasteiger partial charge in [-0.25, -0.2) is 13.1 Å². The maximum absolute atomic E-state index is 12.6. The van der Waals surface area contributed by atoms with Gasteiger partial charge in [-0.3, -0.25) is 0 Å². The molecule has 3 rings (SSSR count). The molecule has 0 aromatic heterocycles. The summed E-state index contributed by atoms with van der Waals surface area (Å²) in [4.78, 5) is 2.31. The fraction of sp³-hybridized carbons (Fsp3) is 0.600. The second kappa shape index (κ2) is 6.06. The zero-order chi connectivity index (χ0) is 15.7. The van der Waals surface area contributed by atoms with Gasteiger partial charge in [-0.2, -0.15) is 0 Å². The molecule has 0 saturated heterocycles. The number of rotatable bonds is 4. The van der Waals surface area contributed by atoms with Crippen LogP contribution in [0.5, 0.6) is 11.5 Å². The quantitative estimate of drug-likeness (QED) is 0.901. The van der Waals surface area contributed by atoms with E-state index in [1.807, 2.05) is 14.1 Å². The van der Waals surface area contributed by atoms with Crippen molar-refractivity contribution in [2.45, 2.75) is 36.2 Å². The molecule has 22 heavy (non-hydrogen) atoms. The van der Waals surface area contributed by atoms with E-state index >= 15 is 0 Å². The van der Waals surface area contributed by atoms with E-state index in [-0.39, 0.29) is 17.0 Å². The van der Waals surface area contributed by atoms with E-state index in [4.69, 9.17) is 9.47 Å². The molecule has 1 aromatic carbocycles. The number of hydrogen-bond acceptors (Lipinski definition) is 5. The lowest BCUT2D eigenvalue weighted by Crippen LogP contribution is -2.45. The Morgan fingerprint density at radius 2 is 1.86 bits per heavy atom. The summed E-state index contributed by atoms with van der Waals surface area (Å²) in [5, 5.41) is 0. The highest BCUT2D eigenvalue weighted by Gasteiger charge is 2.32. The predicted octanol–water partition coefficient (Wildman–Crippen LogP) is 1.22. The Morgan fingerprint density at radius 1 is 1.14 bits per heavy atom. The van der Waals surface area contributed by atoms with Crippen LogP contribution < -0.4 is 14.2 Å². The molecule has 1 fully saturated rings. The Morgan fingerprint density at radius 3 is 2.59 bits per heavy atom. The number of sulfonamides is 1. The molecule has 1 aliphatic carbocycles. The zero-order valence-corrected chi connectivity index (χ0v) is 13.7. The third-order valence-electron chi connectivity index (χ3n) is 4.27. The molecule has 1 aromatic rings. The van der Waals surface area contributed by atoms with Crippen LogP contribution in [0.3, 0.4) is 0 Å². The molecule has 2 aliphatic rings. The summed E-state index contributed by atoms with van der Waals surface area (Å²) in [6.07, 6.45) is 2.92. The number of ether oxygens (including phenoxy) is 2. The van der Waals surface area contributed by atoms with Crippen molar-refractivity contribution < 1.29 is 17.9 Å². The summed E-state index contributed by atoms with van der Waals surface area (Å²) in [6, 6.07) is 4.95.